The summed E-state index contributed by atoms with van der Waals surface area (Å²) in [4.78, 5) is 12.0. The molecule has 1 fully saturated rings. The van der Waals surface area contributed by atoms with Crippen LogP contribution >= 0.6 is 0 Å². The van der Waals surface area contributed by atoms with Crippen molar-refractivity contribution in [2.75, 3.05) is 13.1 Å². The Labute approximate surface area is 114 Å². The topological polar surface area (TPSA) is 61.4 Å². The monoisotopic (exact) mass is 262 g/mol. The number of phenols is 1. The predicted octanol–water partition coefficient (Wildman–Crippen LogP) is 1.44. The first-order valence-corrected chi connectivity index (χ1v) is 6.93. The molecular formula is C15H22N2O2. The lowest BCUT2D eigenvalue weighted by atomic mass is 9.92. The van der Waals surface area contributed by atoms with Gasteiger partial charge in [0.15, 0.2) is 0 Å². The molecule has 1 amide bonds. The zero-order chi connectivity index (χ0) is 13.7. The van der Waals surface area contributed by atoms with Crippen molar-refractivity contribution in [3.8, 4) is 5.75 Å². The molecule has 0 bridgehead atoms. The van der Waals surface area contributed by atoms with Crippen LogP contribution in [0.25, 0.3) is 0 Å². The van der Waals surface area contributed by atoms with Crippen molar-refractivity contribution in [3.63, 3.8) is 0 Å². The fraction of sp³-hybridized carbons (Fsp3) is 0.533. The second-order valence-electron chi connectivity index (χ2n) is 5.31. The Bertz CT molecular complexity index is 428. The average molecular weight is 262 g/mol. The molecule has 2 rings (SSSR count). The number of nitrogens with one attached hydrogen (secondary N) is 2. The van der Waals surface area contributed by atoms with Crippen LogP contribution in [-0.2, 0) is 11.2 Å². The van der Waals surface area contributed by atoms with Gasteiger partial charge >= 0.3 is 0 Å². The van der Waals surface area contributed by atoms with Gasteiger partial charge in [-0.05, 0) is 56.5 Å². The van der Waals surface area contributed by atoms with Crippen molar-refractivity contribution in [1.29, 1.82) is 0 Å². The van der Waals surface area contributed by atoms with Crippen LogP contribution in [0.5, 0.6) is 5.75 Å². The molecule has 1 aliphatic heterocycles. The first-order valence-electron chi connectivity index (χ1n) is 6.93. The number of carbonyl (C=O) groups is 1. The molecule has 2 atom stereocenters. The van der Waals surface area contributed by atoms with Gasteiger partial charge in [0.05, 0.1) is 6.42 Å². The van der Waals surface area contributed by atoms with Crippen LogP contribution in [0.15, 0.2) is 24.3 Å². The molecule has 1 aromatic carbocycles. The molecule has 0 aliphatic carbocycles. The minimum absolute atomic E-state index is 0.0173. The van der Waals surface area contributed by atoms with Crippen LogP contribution in [0.4, 0.5) is 0 Å². The maximum atomic E-state index is 12.0. The number of hydrogen-bond acceptors (Lipinski definition) is 3. The number of rotatable bonds is 4. The number of aromatic hydroxyl groups is 1. The van der Waals surface area contributed by atoms with Gasteiger partial charge in [0.2, 0.25) is 5.91 Å². The van der Waals surface area contributed by atoms with Gasteiger partial charge in [0.1, 0.15) is 5.75 Å². The van der Waals surface area contributed by atoms with Crippen LogP contribution in [0, 0.1) is 5.92 Å². The molecule has 104 valence electrons. The van der Waals surface area contributed by atoms with E-state index in [2.05, 4.69) is 17.6 Å². The van der Waals surface area contributed by atoms with Crippen LogP contribution in [-0.4, -0.2) is 30.1 Å². The first kappa shape index (κ1) is 13.9. The fourth-order valence-electron chi connectivity index (χ4n) is 2.58. The van der Waals surface area contributed by atoms with Gasteiger partial charge in [0.25, 0.3) is 0 Å². The van der Waals surface area contributed by atoms with E-state index >= 15 is 0 Å². The number of benzene rings is 1. The second-order valence-corrected chi connectivity index (χ2v) is 5.31. The van der Waals surface area contributed by atoms with Crippen molar-refractivity contribution >= 4 is 5.91 Å². The van der Waals surface area contributed by atoms with E-state index in [4.69, 9.17) is 0 Å². The molecule has 1 aliphatic rings. The van der Waals surface area contributed by atoms with Gasteiger partial charge < -0.3 is 15.7 Å². The maximum Gasteiger partial charge on any atom is 0.224 e. The zero-order valence-corrected chi connectivity index (χ0v) is 11.4. The van der Waals surface area contributed by atoms with Gasteiger partial charge in [-0.3, -0.25) is 4.79 Å². The highest BCUT2D eigenvalue weighted by Crippen LogP contribution is 2.15. The van der Waals surface area contributed by atoms with E-state index in [1.54, 1.807) is 18.2 Å². The van der Waals surface area contributed by atoms with Crippen LogP contribution in [0.2, 0.25) is 0 Å². The Morgan fingerprint density at radius 3 is 3.11 bits per heavy atom. The molecule has 1 saturated heterocycles. The molecule has 19 heavy (non-hydrogen) atoms. The van der Waals surface area contributed by atoms with E-state index in [-0.39, 0.29) is 17.7 Å². The van der Waals surface area contributed by atoms with Crippen molar-refractivity contribution in [3.05, 3.63) is 29.8 Å². The summed E-state index contributed by atoms with van der Waals surface area (Å²) < 4.78 is 0. The van der Waals surface area contributed by atoms with Gasteiger partial charge in [-0.2, -0.15) is 0 Å². The largest absolute Gasteiger partial charge is 0.508 e. The molecule has 0 saturated carbocycles. The first-order chi connectivity index (χ1) is 9.15. The second kappa shape index (κ2) is 6.57. The van der Waals surface area contributed by atoms with Gasteiger partial charge in [-0.25, -0.2) is 0 Å². The van der Waals surface area contributed by atoms with E-state index < -0.39 is 0 Å². The summed E-state index contributed by atoms with van der Waals surface area (Å²) in [6.07, 6.45) is 2.66. The smallest absolute Gasteiger partial charge is 0.224 e. The predicted molar refractivity (Wildman–Crippen MR) is 75.0 cm³/mol. The standard InChI is InChI=1S/C15H22N2O2/c1-11(13-5-3-7-16-10-13)17-15(19)9-12-4-2-6-14(18)8-12/h2,4,6,8,11,13,16,18H,3,5,7,9-10H2,1H3,(H,17,19). The molecule has 2 unspecified atom stereocenters. The third-order valence-corrected chi connectivity index (χ3v) is 3.71. The molecule has 1 aromatic rings. The number of carbonyl (C=O) groups excluding carboxylic acids is 1. The lowest BCUT2D eigenvalue weighted by Crippen LogP contribution is -2.45. The molecule has 4 nitrogen and oxygen atoms in total. The molecule has 0 radical (unpaired) electrons. The zero-order valence-electron chi connectivity index (χ0n) is 11.4. The molecule has 0 aromatic heterocycles. The summed E-state index contributed by atoms with van der Waals surface area (Å²) in [5.74, 6) is 0.736. The van der Waals surface area contributed by atoms with E-state index in [9.17, 15) is 9.90 Å². The summed E-state index contributed by atoms with van der Waals surface area (Å²) in [5, 5.41) is 15.8. The lowest BCUT2D eigenvalue weighted by molar-refractivity contribution is -0.121. The highest BCUT2D eigenvalue weighted by Gasteiger charge is 2.21. The van der Waals surface area contributed by atoms with Crippen LogP contribution in [0.3, 0.4) is 0 Å². The number of piperidine rings is 1. The Morgan fingerprint density at radius 2 is 2.42 bits per heavy atom. The summed E-state index contributed by atoms with van der Waals surface area (Å²) in [7, 11) is 0. The van der Waals surface area contributed by atoms with Gasteiger partial charge in [-0.1, -0.05) is 12.1 Å². The van der Waals surface area contributed by atoms with E-state index in [1.165, 1.54) is 12.8 Å². The highest BCUT2D eigenvalue weighted by atomic mass is 16.3. The molecule has 4 heteroatoms. The third-order valence-electron chi connectivity index (χ3n) is 3.71. The average Bonchev–Trinajstić information content (AvgIpc) is 2.39. The van der Waals surface area contributed by atoms with Gasteiger partial charge in [-0.15, -0.1) is 0 Å². The van der Waals surface area contributed by atoms with Crippen molar-refractivity contribution in [2.24, 2.45) is 5.92 Å². The quantitative estimate of drug-likeness (QED) is 0.769. The molecular weight excluding hydrogens is 240 g/mol. The van der Waals surface area contributed by atoms with Crippen molar-refractivity contribution < 1.29 is 9.90 Å². The molecule has 0 spiro atoms. The number of phenolic OH excluding ortho intramolecular Hbond substituents is 1. The molecule has 3 N–H and O–H groups in total. The Morgan fingerprint density at radius 1 is 1.58 bits per heavy atom. The summed E-state index contributed by atoms with van der Waals surface area (Å²) in [6, 6.07) is 7.04. The third kappa shape index (κ3) is 4.24. The Hall–Kier alpha value is -1.55. The number of hydrogen-bond donors (Lipinski definition) is 3. The van der Waals surface area contributed by atoms with Gasteiger partial charge in [0, 0.05) is 6.04 Å². The summed E-state index contributed by atoms with van der Waals surface area (Å²) in [6.45, 7) is 4.13. The summed E-state index contributed by atoms with van der Waals surface area (Å²) >= 11 is 0. The summed E-state index contributed by atoms with van der Waals surface area (Å²) in [5.41, 5.74) is 0.839. The van der Waals surface area contributed by atoms with Crippen molar-refractivity contribution in [1.82, 2.24) is 10.6 Å². The van der Waals surface area contributed by atoms with E-state index in [1.807, 2.05) is 6.07 Å². The normalized spacial score (nSPS) is 20.8. The minimum Gasteiger partial charge on any atom is -0.508 e. The SMILES string of the molecule is CC(NC(=O)Cc1cccc(O)c1)C1CCCNC1. The van der Waals surface area contributed by atoms with E-state index in [0.29, 0.717) is 12.3 Å². The van der Waals surface area contributed by atoms with Crippen LogP contribution in [0.1, 0.15) is 25.3 Å². The van der Waals surface area contributed by atoms with Crippen molar-refractivity contribution in [2.45, 2.75) is 32.2 Å². The van der Waals surface area contributed by atoms with Crippen LogP contribution < -0.4 is 10.6 Å². The maximum absolute atomic E-state index is 12.0. The Balaban J connectivity index is 1.83. The number of amides is 1. The molecule has 1 heterocycles. The van der Waals surface area contributed by atoms with E-state index in [0.717, 1.165) is 18.7 Å². The highest BCUT2D eigenvalue weighted by molar-refractivity contribution is 5.78. The minimum atomic E-state index is 0.0173. The fourth-order valence-corrected chi connectivity index (χ4v) is 2.58. The lowest BCUT2D eigenvalue weighted by Gasteiger charge is -2.29. The Kier molecular flexibility index (Phi) is 4.80.